The molecule has 0 heterocycles. The fourth-order valence-electron chi connectivity index (χ4n) is 2.50. The molecule has 1 aliphatic rings. The second-order valence-electron chi connectivity index (χ2n) is 5.43. The molecule has 18 heavy (non-hydrogen) atoms. The minimum Gasteiger partial charge on any atom is -0.355 e. The van der Waals surface area contributed by atoms with Crippen molar-refractivity contribution in [3.8, 4) is 0 Å². The van der Waals surface area contributed by atoms with E-state index in [9.17, 15) is 9.59 Å². The number of hydrogen-bond donors (Lipinski definition) is 2. The van der Waals surface area contributed by atoms with E-state index < -0.39 is 5.41 Å². The average Bonchev–Trinajstić information content (AvgIpc) is 2.67. The van der Waals surface area contributed by atoms with E-state index in [1.165, 1.54) is 4.90 Å². The van der Waals surface area contributed by atoms with Gasteiger partial charge in [0.05, 0.1) is 12.0 Å². The Kier molecular flexibility index (Phi) is 5.14. The van der Waals surface area contributed by atoms with Crippen LogP contribution in [0.25, 0.3) is 0 Å². The minimum atomic E-state index is -0.500. The number of likely N-dealkylation sites (N-methyl/N-ethyl adjacent to an activating group) is 1. The molecule has 104 valence electrons. The zero-order valence-electron chi connectivity index (χ0n) is 11.7. The van der Waals surface area contributed by atoms with Crippen LogP contribution in [-0.4, -0.2) is 42.9 Å². The predicted octanol–water partition coefficient (Wildman–Crippen LogP) is 0.489. The second kappa shape index (κ2) is 6.18. The van der Waals surface area contributed by atoms with Crippen molar-refractivity contribution < 1.29 is 9.59 Å². The summed E-state index contributed by atoms with van der Waals surface area (Å²) in [7, 11) is 1.67. The highest BCUT2D eigenvalue weighted by Crippen LogP contribution is 2.38. The lowest BCUT2D eigenvalue weighted by molar-refractivity contribution is -0.143. The molecule has 2 amide bonds. The molecule has 1 saturated carbocycles. The van der Waals surface area contributed by atoms with Crippen molar-refractivity contribution in [3.05, 3.63) is 0 Å². The maximum absolute atomic E-state index is 12.4. The van der Waals surface area contributed by atoms with E-state index in [0.717, 1.165) is 25.7 Å². The van der Waals surface area contributed by atoms with E-state index >= 15 is 0 Å². The summed E-state index contributed by atoms with van der Waals surface area (Å²) in [6.45, 7) is 4.67. The van der Waals surface area contributed by atoms with Gasteiger partial charge < -0.3 is 16.0 Å². The number of carbonyl (C=O) groups excluding carboxylic acids is 2. The molecular formula is C13H25N3O2. The maximum Gasteiger partial charge on any atom is 0.239 e. The molecule has 2 unspecified atom stereocenters. The van der Waals surface area contributed by atoms with E-state index in [2.05, 4.69) is 5.32 Å². The van der Waals surface area contributed by atoms with Crippen molar-refractivity contribution in [2.45, 2.75) is 45.6 Å². The SMILES string of the molecule is CCCNC(=O)CN(C)C(=O)C1(C)CCCC1N. The smallest absolute Gasteiger partial charge is 0.239 e. The third kappa shape index (κ3) is 3.22. The van der Waals surface area contributed by atoms with Gasteiger partial charge in [0.2, 0.25) is 11.8 Å². The molecule has 0 aromatic rings. The minimum absolute atomic E-state index is 0.0147. The molecule has 0 bridgehead atoms. The van der Waals surface area contributed by atoms with Gasteiger partial charge in [-0.25, -0.2) is 0 Å². The zero-order valence-corrected chi connectivity index (χ0v) is 11.7. The Morgan fingerprint density at radius 1 is 1.50 bits per heavy atom. The normalized spacial score (nSPS) is 27.0. The molecule has 1 rings (SSSR count). The Bertz CT molecular complexity index is 319. The Morgan fingerprint density at radius 3 is 2.67 bits per heavy atom. The third-order valence-corrected chi connectivity index (χ3v) is 3.82. The van der Waals surface area contributed by atoms with Crippen LogP contribution in [-0.2, 0) is 9.59 Å². The Morgan fingerprint density at radius 2 is 2.17 bits per heavy atom. The molecule has 0 saturated heterocycles. The topological polar surface area (TPSA) is 75.4 Å². The van der Waals surface area contributed by atoms with Gasteiger partial charge in [-0.1, -0.05) is 13.3 Å². The van der Waals surface area contributed by atoms with Gasteiger partial charge in [-0.3, -0.25) is 9.59 Å². The summed E-state index contributed by atoms with van der Waals surface area (Å²) in [6.07, 6.45) is 3.58. The monoisotopic (exact) mass is 255 g/mol. The Hall–Kier alpha value is -1.10. The van der Waals surface area contributed by atoms with Gasteiger partial charge in [0.15, 0.2) is 0 Å². The van der Waals surface area contributed by atoms with Gasteiger partial charge in [-0.15, -0.1) is 0 Å². The molecule has 0 spiro atoms. The molecule has 5 nitrogen and oxygen atoms in total. The van der Waals surface area contributed by atoms with E-state index in [4.69, 9.17) is 5.73 Å². The molecule has 5 heteroatoms. The average molecular weight is 255 g/mol. The van der Waals surface area contributed by atoms with Crippen LogP contribution < -0.4 is 11.1 Å². The lowest BCUT2D eigenvalue weighted by Crippen LogP contribution is -2.50. The van der Waals surface area contributed by atoms with Crippen molar-refractivity contribution in [1.29, 1.82) is 0 Å². The van der Waals surface area contributed by atoms with Gasteiger partial charge in [0.1, 0.15) is 0 Å². The number of nitrogens with two attached hydrogens (primary N) is 1. The van der Waals surface area contributed by atoms with E-state index in [1.807, 2.05) is 13.8 Å². The first-order valence-electron chi connectivity index (χ1n) is 6.69. The number of nitrogens with zero attached hydrogens (tertiary/aromatic N) is 1. The van der Waals surface area contributed by atoms with Gasteiger partial charge >= 0.3 is 0 Å². The lowest BCUT2D eigenvalue weighted by Gasteiger charge is -2.32. The molecule has 0 aliphatic heterocycles. The van der Waals surface area contributed by atoms with Crippen LogP contribution in [0.3, 0.4) is 0 Å². The largest absolute Gasteiger partial charge is 0.355 e. The van der Waals surface area contributed by atoms with Gasteiger partial charge in [-0.2, -0.15) is 0 Å². The predicted molar refractivity (Wildman–Crippen MR) is 70.9 cm³/mol. The molecule has 1 fully saturated rings. The Labute approximate surface area is 109 Å². The van der Waals surface area contributed by atoms with Gasteiger partial charge in [0.25, 0.3) is 0 Å². The molecule has 2 atom stereocenters. The molecule has 1 aliphatic carbocycles. The van der Waals surface area contributed by atoms with E-state index in [-0.39, 0.29) is 24.4 Å². The quantitative estimate of drug-likeness (QED) is 0.750. The molecule has 0 radical (unpaired) electrons. The highest BCUT2D eigenvalue weighted by molar-refractivity contribution is 5.88. The second-order valence-corrected chi connectivity index (χ2v) is 5.43. The van der Waals surface area contributed by atoms with E-state index in [0.29, 0.717) is 6.54 Å². The molecular weight excluding hydrogens is 230 g/mol. The van der Waals surface area contributed by atoms with E-state index in [1.54, 1.807) is 7.05 Å². The van der Waals surface area contributed by atoms with Gasteiger partial charge in [0, 0.05) is 19.6 Å². The van der Waals surface area contributed by atoms with Crippen LogP contribution >= 0.6 is 0 Å². The van der Waals surface area contributed by atoms with Crippen LogP contribution in [0.15, 0.2) is 0 Å². The first-order chi connectivity index (χ1) is 8.41. The summed E-state index contributed by atoms with van der Waals surface area (Å²) in [5.41, 5.74) is 5.51. The van der Waals surface area contributed by atoms with Crippen molar-refractivity contribution in [3.63, 3.8) is 0 Å². The summed E-state index contributed by atoms with van der Waals surface area (Å²) in [5.74, 6) is -0.123. The number of hydrogen-bond acceptors (Lipinski definition) is 3. The highest BCUT2D eigenvalue weighted by atomic mass is 16.2. The number of amides is 2. The number of nitrogens with one attached hydrogen (secondary N) is 1. The fourth-order valence-corrected chi connectivity index (χ4v) is 2.50. The molecule has 0 aromatic heterocycles. The van der Waals surface area contributed by atoms with Crippen LogP contribution in [0.4, 0.5) is 0 Å². The fraction of sp³-hybridized carbons (Fsp3) is 0.846. The summed E-state index contributed by atoms with van der Waals surface area (Å²) >= 11 is 0. The van der Waals surface area contributed by atoms with Gasteiger partial charge in [-0.05, 0) is 26.2 Å². The third-order valence-electron chi connectivity index (χ3n) is 3.82. The molecule has 0 aromatic carbocycles. The zero-order chi connectivity index (χ0) is 13.8. The summed E-state index contributed by atoms with van der Waals surface area (Å²) in [4.78, 5) is 25.4. The Balaban J connectivity index is 2.53. The van der Waals surface area contributed by atoms with Crippen molar-refractivity contribution in [1.82, 2.24) is 10.2 Å². The van der Waals surface area contributed by atoms with Crippen LogP contribution in [0.2, 0.25) is 0 Å². The first-order valence-corrected chi connectivity index (χ1v) is 6.69. The lowest BCUT2D eigenvalue weighted by atomic mass is 9.83. The summed E-state index contributed by atoms with van der Waals surface area (Å²) in [6, 6.07) is -0.0915. The van der Waals surface area contributed by atoms with Crippen molar-refractivity contribution in [2.75, 3.05) is 20.1 Å². The highest BCUT2D eigenvalue weighted by Gasteiger charge is 2.44. The van der Waals surface area contributed by atoms with Crippen molar-refractivity contribution in [2.24, 2.45) is 11.1 Å². The summed E-state index contributed by atoms with van der Waals surface area (Å²) < 4.78 is 0. The number of rotatable bonds is 5. The van der Waals surface area contributed by atoms with Crippen molar-refractivity contribution >= 4 is 11.8 Å². The number of carbonyl (C=O) groups is 2. The maximum atomic E-state index is 12.4. The summed E-state index contributed by atoms with van der Waals surface area (Å²) in [5, 5.41) is 2.77. The first kappa shape index (κ1) is 15.0. The molecule has 3 N–H and O–H groups in total. The standard InChI is InChI=1S/C13H25N3O2/c1-4-8-15-11(17)9-16(3)12(18)13(2)7-5-6-10(13)14/h10H,4-9,14H2,1-3H3,(H,15,17). The van der Waals surface area contributed by atoms with Crippen LogP contribution in [0.1, 0.15) is 39.5 Å². The van der Waals surface area contributed by atoms with Crippen LogP contribution in [0, 0.1) is 5.41 Å². The van der Waals surface area contributed by atoms with Crippen LogP contribution in [0.5, 0.6) is 0 Å².